The van der Waals surface area contributed by atoms with E-state index < -0.39 is 52.5 Å². The molecule has 0 bridgehead atoms. The number of halogens is 3. The van der Waals surface area contributed by atoms with Gasteiger partial charge in [0.05, 0.1) is 28.9 Å². The van der Waals surface area contributed by atoms with Gasteiger partial charge in [-0.15, -0.1) is 0 Å². The lowest BCUT2D eigenvalue weighted by atomic mass is 10.1. The largest absolute Gasteiger partial charge is 0.511 e. The molecule has 0 unspecified atom stereocenters. The summed E-state index contributed by atoms with van der Waals surface area (Å²) in [5.74, 6) is -5.06. The third kappa shape index (κ3) is 3.16. The summed E-state index contributed by atoms with van der Waals surface area (Å²) in [5, 5.41) is 18.0. The summed E-state index contributed by atoms with van der Waals surface area (Å²) in [6, 6.07) is 2.52. The van der Waals surface area contributed by atoms with Crippen molar-refractivity contribution in [1.82, 2.24) is 9.55 Å². The van der Waals surface area contributed by atoms with Gasteiger partial charge in [-0.2, -0.15) is 0 Å². The molecule has 30 heavy (non-hydrogen) atoms. The van der Waals surface area contributed by atoms with E-state index in [0.29, 0.717) is 6.07 Å². The standard InChI is InChI=1S/C18H13F3N4O5/c19-9-1-8-12(3-13(9)24-4-7(26)5-24)25(6-14(15(8)27)30-18(28)29)17-11(21)2-10(20)16(22)23-17/h1-3,6-7,26H,4-5H2,(H2,22,23)(H,28,29). The lowest BCUT2D eigenvalue weighted by molar-refractivity contribution is 0.141. The minimum atomic E-state index is -1.82. The van der Waals surface area contributed by atoms with Crippen molar-refractivity contribution in [1.29, 1.82) is 0 Å². The van der Waals surface area contributed by atoms with Crippen LogP contribution in [0.15, 0.2) is 29.2 Å². The van der Waals surface area contributed by atoms with E-state index in [4.69, 9.17) is 10.8 Å². The first-order valence-electron chi connectivity index (χ1n) is 8.50. The average molecular weight is 422 g/mol. The fourth-order valence-electron chi connectivity index (χ4n) is 3.19. The highest BCUT2D eigenvalue weighted by Gasteiger charge is 2.28. The first kappa shape index (κ1) is 19.5. The van der Waals surface area contributed by atoms with Gasteiger partial charge in [-0.1, -0.05) is 0 Å². The number of ether oxygens (including phenoxy) is 1. The molecule has 0 amide bonds. The molecule has 0 saturated carbocycles. The summed E-state index contributed by atoms with van der Waals surface area (Å²) in [6.07, 6.45) is -1.63. The van der Waals surface area contributed by atoms with Crippen molar-refractivity contribution in [3.05, 3.63) is 52.1 Å². The molecule has 12 heteroatoms. The highest BCUT2D eigenvalue weighted by Crippen LogP contribution is 2.31. The minimum Gasteiger partial charge on any atom is -0.449 e. The number of aromatic nitrogens is 2. The molecule has 1 aliphatic rings. The van der Waals surface area contributed by atoms with Crippen molar-refractivity contribution >= 4 is 28.6 Å². The molecule has 0 spiro atoms. The van der Waals surface area contributed by atoms with Crippen molar-refractivity contribution in [2.45, 2.75) is 6.10 Å². The maximum absolute atomic E-state index is 14.6. The molecule has 0 atom stereocenters. The van der Waals surface area contributed by atoms with Gasteiger partial charge in [-0.05, 0) is 12.1 Å². The molecule has 0 aliphatic carbocycles. The van der Waals surface area contributed by atoms with Crippen LogP contribution in [0, 0.1) is 17.5 Å². The maximum atomic E-state index is 14.6. The number of nitrogens with zero attached hydrogens (tertiary/aromatic N) is 3. The monoisotopic (exact) mass is 422 g/mol. The Labute approximate surface area is 165 Å². The number of aliphatic hydroxyl groups excluding tert-OH is 1. The van der Waals surface area contributed by atoms with Crippen LogP contribution in [0.4, 0.5) is 29.5 Å². The molecule has 1 fully saturated rings. The Balaban J connectivity index is 2.04. The van der Waals surface area contributed by atoms with Crippen molar-refractivity contribution in [3.63, 3.8) is 0 Å². The number of benzene rings is 1. The number of hydrogen-bond acceptors (Lipinski definition) is 7. The maximum Gasteiger partial charge on any atom is 0.511 e. The molecule has 1 aromatic carbocycles. The van der Waals surface area contributed by atoms with Crippen molar-refractivity contribution < 1.29 is 32.9 Å². The van der Waals surface area contributed by atoms with Gasteiger partial charge in [-0.3, -0.25) is 9.36 Å². The van der Waals surface area contributed by atoms with E-state index in [-0.39, 0.29) is 29.7 Å². The molecule has 9 nitrogen and oxygen atoms in total. The minimum absolute atomic E-state index is 0.0170. The number of rotatable bonds is 3. The normalized spacial score (nSPS) is 14.1. The highest BCUT2D eigenvalue weighted by atomic mass is 19.1. The van der Waals surface area contributed by atoms with Crippen molar-refractivity contribution in [2.75, 3.05) is 23.7 Å². The van der Waals surface area contributed by atoms with E-state index in [1.165, 1.54) is 11.0 Å². The van der Waals surface area contributed by atoms with Crippen LogP contribution in [-0.2, 0) is 0 Å². The fourth-order valence-corrected chi connectivity index (χ4v) is 3.19. The van der Waals surface area contributed by atoms with Gasteiger partial charge in [0.2, 0.25) is 5.43 Å². The number of hydrogen-bond donors (Lipinski definition) is 3. The van der Waals surface area contributed by atoms with Gasteiger partial charge in [0, 0.05) is 19.2 Å². The third-order valence-corrected chi connectivity index (χ3v) is 4.61. The average Bonchev–Trinajstić information content (AvgIpc) is 2.64. The number of fused-ring (bicyclic) bond motifs is 1. The summed E-state index contributed by atoms with van der Waals surface area (Å²) in [5.41, 5.74) is 4.41. The lowest BCUT2D eigenvalue weighted by Gasteiger charge is -2.38. The second kappa shape index (κ2) is 6.91. The molecule has 2 aromatic heterocycles. The molecular formula is C18H13F3N4O5. The van der Waals surface area contributed by atoms with Crippen LogP contribution in [0.1, 0.15) is 0 Å². The number of anilines is 2. The Bertz CT molecular complexity index is 1260. The van der Waals surface area contributed by atoms with Crippen LogP contribution in [0.5, 0.6) is 5.75 Å². The quantitative estimate of drug-likeness (QED) is 0.543. The van der Waals surface area contributed by atoms with Gasteiger partial charge in [0.15, 0.2) is 29.0 Å². The van der Waals surface area contributed by atoms with Crippen molar-refractivity contribution in [2.24, 2.45) is 0 Å². The Morgan fingerprint density at radius 3 is 2.50 bits per heavy atom. The zero-order valence-corrected chi connectivity index (χ0v) is 15.0. The number of β-amino-alcohol motifs (C(OH)–C–C–N with tert-alkyl or cyclic N) is 1. The zero-order valence-electron chi connectivity index (χ0n) is 15.0. The first-order chi connectivity index (χ1) is 14.2. The predicted molar refractivity (Wildman–Crippen MR) is 98.5 cm³/mol. The number of aliphatic hydroxyl groups is 1. The van der Waals surface area contributed by atoms with Gasteiger partial charge < -0.3 is 25.6 Å². The van der Waals surface area contributed by atoms with Gasteiger partial charge in [0.25, 0.3) is 0 Å². The third-order valence-electron chi connectivity index (χ3n) is 4.61. The second-order valence-electron chi connectivity index (χ2n) is 6.60. The molecule has 3 heterocycles. The summed E-state index contributed by atoms with van der Waals surface area (Å²) in [4.78, 5) is 28.6. The Hall–Kier alpha value is -3.80. The smallest absolute Gasteiger partial charge is 0.449 e. The first-order valence-corrected chi connectivity index (χ1v) is 8.50. The second-order valence-corrected chi connectivity index (χ2v) is 6.60. The molecule has 0 radical (unpaired) electrons. The molecular weight excluding hydrogens is 409 g/mol. The van der Waals surface area contributed by atoms with E-state index >= 15 is 0 Å². The van der Waals surface area contributed by atoms with Gasteiger partial charge in [0.1, 0.15) is 5.82 Å². The Morgan fingerprint density at radius 2 is 1.87 bits per heavy atom. The lowest BCUT2D eigenvalue weighted by Crippen LogP contribution is -2.51. The van der Waals surface area contributed by atoms with E-state index in [9.17, 15) is 27.9 Å². The molecule has 4 N–H and O–H groups in total. The SMILES string of the molecule is Nc1nc(-n2cc(OC(=O)O)c(=O)c3cc(F)c(N4CC(O)C4)cc32)c(F)cc1F. The fraction of sp³-hybridized carbons (Fsp3) is 0.167. The topological polar surface area (TPSA) is 131 Å². The number of carboxylic acid groups (broad SMARTS) is 1. The predicted octanol–water partition coefficient (Wildman–Crippen LogP) is 1.62. The number of nitrogen functional groups attached to an aromatic ring is 1. The van der Waals surface area contributed by atoms with Crippen molar-refractivity contribution in [3.8, 4) is 11.6 Å². The molecule has 4 rings (SSSR count). The number of nitrogens with two attached hydrogens (primary N) is 1. The van der Waals surface area contributed by atoms with Crippen LogP contribution >= 0.6 is 0 Å². The molecule has 1 aliphatic heterocycles. The Kier molecular flexibility index (Phi) is 4.50. The van der Waals surface area contributed by atoms with Crippen LogP contribution < -0.4 is 20.8 Å². The van der Waals surface area contributed by atoms with Crippen LogP contribution in [-0.4, -0.2) is 45.1 Å². The van der Waals surface area contributed by atoms with Crippen LogP contribution in [0.25, 0.3) is 16.7 Å². The zero-order chi connectivity index (χ0) is 21.7. The Morgan fingerprint density at radius 1 is 1.17 bits per heavy atom. The summed E-state index contributed by atoms with van der Waals surface area (Å²) < 4.78 is 48.0. The number of carbonyl (C=O) groups is 1. The van der Waals surface area contributed by atoms with E-state index in [2.05, 4.69) is 9.72 Å². The number of pyridine rings is 2. The van der Waals surface area contributed by atoms with Crippen LogP contribution in [0.2, 0.25) is 0 Å². The van der Waals surface area contributed by atoms with Gasteiger partial charge >= 0.3 is 6.16 Å². The highest BCUT2D eigenvalue weighted by molar-refractivity contribution is 5.86. The molecule has 156 valence electrons. The summed E-state index contributed by atoms with van der Waals surface area (Å²) >= 11 is 0. The summed E-state index contributed by atoms with van der Waals surface area (Å²) in [6.45, 7) is 0.284. The van der Waals surface area contributed by atoms with E-state index in [0.717, 1.165) is 16.8 Å². The van der Waals surface area contributed by atoms with E-state index in [1.54, 1.807) is 0 Å². The molecule has 1 saturated heterocycles. The molecule has 3 aromatic rings. The van der Waals surface area contributed by atoms with Gasteiger partial charge in [-0.25, -0.2) is 22.9 Å². The van der Waals surface area contributed by atoms with Crippen LogP contribution in [0.3, 0.4) is 0 Å². The van der Waals surface area contributed by atoms with E-state index in [1.807, 2.05) is 0 Å². The summed E-state index contributed by atoms with van der Waals surface area (Å²) in [7, 11) is 0.